The molecule has 0 bridgehead atoms. The molecule has 0 spiro atoms. The summed E-state index contributed by atoms with van der Waals surface area (Å²) in [5.74, 6) is 0.583. The van der Waals surface area contributed by atoms with Crippen molar-refractivity contribution in [1.29, 1.82) is 0 Å². The van der Waals surface area contributed by atoms with Crippen LogP contribution in [0.5, 0.6) is 0 Å². The molecule has 0 radical (unpaired) electrons. The van der Waals surface area contributed by atoms with Crippen molar-refractivity contribution in [2.24, 2.45) is 0 Å². The Kier molecular flexibility index (Phi) is 6.62. The number of aromatic nitrogens is 2. The van der Waals surface area contributed by atoms with Crippen molar-refractivity contribution in [2.45, 2.75) is 31.8 Å². The average Bonchev–Trinajstić information content (AvgIpc) is 2.38. The minimum absolute atomic E-state index is 0.165. The molecule has 0 aliphatic rings. The van der Waals surface area contributed by atoms with E-state index >= 15 is 0 Å². The van der Waals surface area contributed by atoms with Crippen LogP contribution in [-0.2, 0) is 4.79 Å². The highest BCUT2D eigenvalue weighted by molar-refractivity contribution is 7.99. The number of rotatable bonds is 7. The minimum atomic E-state index is 0.165. The maximum Gasteiger partial charge on any atom is 0.233 e. The molecule has 5 heteroatoms. The zero-order valence-electron chi connectivity index (χ0n) is 10.4. The van der Waals surface area contributed by atoms with Gasteiger partial charge in [0.25, 0.3) is 0 Å². The maximum absolute atomic E-state index is 11.9. The summed E-state index contributed by atoms with van der Waals surface area (Å²) in [5, 5.41) is 0.660. The lowest BCUT2D eigenvalue weighted by atomic mass is 10.3. The van der Waals surface area contributed by atoms with Gasteiger partial charge in [0.2, 0.25) is 5.91 Å². The quantitative estimate of drug-likeness (QED) is 0.552. The molecule has 0 unspecified atom stereocenters. The molecule has 1 rings (SSSR count). The highest BCUT2D eigenvalue weighted by Crippen LogP contribution is 2.12. The molecule has 0 saturated heterocycles. The second-order valence-corrected chi connectivity index (χ2v) is 4.59. The average molecular weight is 253 g/mol. The van der Waals surface area contributed by atoms with Crippen molar-refractivity contribution < 1.29 is 4.79 Å². The molecule has 94 valence electrons. The molecule has 4 nitrogen and oxygen atoms in total. The molecule has 0 aliphatic carbocycles. The first-order chi connectivity index (χ1) is 8.27. The van der Waals surface area contributed by atoms with Gasteiger partial charge in [-0.25, -0.2) is 9.97 Å². The van der Waals surface area contributed by atoms with E-state index in [0.29, 0.717) is 10.9 Å². The molecule has 0 saturated carbocycles. The standard InChI is InChI=1S/C12H19N3OS/c1-3-5-9-15(4-2)11(16)10-17-12-13-7-6-8-14-12/h6-8H,3-5,9-10H2,1-2H3. The van der Waals surface area contributed by atoms with Crippen molar-refractivity contribution in [2.75, 3.05) is 18.8 Å². The molecule has 0 atom stereocenters. The number of carbonyl (C=O) groups is 1. The first-order valence-corrected chi connectivity index (χ1v) is 6.94. The second kappa shape index (κ2) is 8.06. The summed E-state index contributed by atoms with van der Waals surface area (Å²) in [4.78, 5) is 21.9. The number of nitrogens with zero attached hydrogens (tertiary/aromatic N) is 3. The Hall–Kier alpha value is -1.10. The van der Waals surface area contributed by atoms with Crippen molar-refractivity contribution in [1.82, 2.24) is 14.9 Å². The molecule has 1 aromatic heterocycles. The molecule has 0 aliphatic heterocycles. The fourth-order valence-corrected chi connectivity index (χ4v) is 2.09. The van der Waals surface area contributed by atoms with Crippen LogP contribution in [0.15, 0.2) is 23.6 Å². The van der Waals surface area contributed by atoms with E-state index in [9.17, 15) is 4.79 Å². The minimum Gasteiger partial charge on any atom is -0.342 e. The van der Waals surface area contributed by atoms with Crippen LogP contribution in [0.25, 0.3) is 0 Å². The Labute approximate surface area is 107 Å². The first kappa shape index (κ1) is 14.0. The van der Waals surface area contributed by atoms with Crippen LogP contribution in [0.1, 0.15) is 26.7 Å². The molecule has 17 heavy (non-hydrogen) atoms. The van der Waals surface area contributed by atoms with Gasteiger partial charge in [-0.05, 0) is 19.4 Å². The molecule has 0 fully saturated rings. The predicted octanol–water partition coefficient (Wildman–Crippen LogP) is 2.22. The van der Waals surface area contributed by atoms with Gasteiger partial charge in [-0.2, -0.15) is 0 Å². The zero-order valence-corrected chi connectivity index (χ0v) is 11.2. The zero-order chi connectivity index (χ0) is 12.5. The third-order valence-corrected chi connectivity index (χ3v) is 3.24. The van der Waals surface area contributed by atoms with Gasteiger partial charge in [-0.15, -0.1) is 0 Å². The highest BCUT2D eigenvalue weighted by atomic mass is 32.2. The van der Waals surface area contributed by atoms with Crippen molar-refractivity contribution >= 4 is 17.7 Å². The van der Waals surface area contributed by atoms with Crippen LogP contribution >= 0.6 is 11.8 Å². The maximum atomic E-state index is 11.9. The van der Waals surface area contributed by atoms with Gasteiger partial charge in [0.15, 0.2) is 5.16 Å². The summed E-state index contributed by atoms with van der Waals surface area (Å²) in [6.45, 7) is 5.76. The van der Waals surface area contributed by atoms with E-state index in [0.717, 1.165) is 25.9 Å². The van der Waals surface area contributed by atoms with E-state index in [1.165, 1.54) is 11.8 Å². The lowest BCUT2D eigenvalue weighted by Gasteiger charge is -2.20. The molecular formula is C12H19N3OS. The summed E-state index contributed by atoms with van der Waals surface area (Å²) in [5.41, 5.74) is 0. The molecule has 0 aromatic carbocycles. The van der Waals surface area contributed by atoms with Crippen molar-refractivity contribution in [3.63, 3.8) is 0 Å². The van der Waals surface area contributed by atoms with Crippen LogP contribution in [0, 0.1) is 0 Å². The summed E-state index contributed by atoms with van der Waals surface area (Å²) >= 11 is 1.39. The predicted molar refractivity (Wildman–Crippen MR) is 69.9 cm³/mol. The summed E-state index contributed by atoms with van der Waals surface area (Å²) in [7, 11) is 0. The number of hydrogen-bond donors (Lipinski definition) is 0. The second-order valence-electron chi connectivity index (χ2n) is 3.65. The smallest absolute Gasteiger partial charge is 0.233 e. The van der Waals surface area contributed by atoms with E-state index in [4.69, 9.17) is 0 Å². The lowest BCUT2D eigenvalue weighted by Crippen LogP contribution is -2.33. The number of hydrogen-bond acceptors (Lipinski definition) is 4. The van der Waals surface area contributed by atoms with E-state index in [2.05, 4.69) is 16.9 Å². The Morgan fingerprint density at radius 1 is 1.35 bits per heavy atom. The van der Waals surface area contributed by atoms with E-state index in [-0.39, 0.29) is 5.91 Å². The van der Waals surface area contributed by atoms with Crippen LogP contribution in [0.2, 0.25) is 0 Å². The van der Waals surface area contributed by atoms with Gasteiger partial charge in [0.1, 0.15) is 0 Å². The van der Waals surface area contributed by atoms with Gasteiger partial charge in [-0.1, -0.05) is 25.1 Å². The molecule has 1 heterocycles. The van der Waals surface area contributed by atoms with Gasteiger partial charge in [0, 0.05) is 25.5 Å². The van der Waals surface area contributed by atoms with Gasteiger partial charge < -0.3 is 4.90 Å². The SMILES string of the molecule is CCCCN(CC)C(=O)CSc1ncccn1. The summed E-state index contributed by atoms with van der Waals surface area (Å²) in [6.07, 6.45) is 5.55. The molecular weight excluding hydrogens is 234 g/mol. The fraction of sp³-hybridized carbons (Fsp3) is 0.583. The van der Waals surface area contributed by atoms with Crippen LogP contribution in [0.4, 0.5) is 0 Å². The number of thioether (sulfide) groups is 1. The van der Waals surface area contributed by atoms with Crippen molar-refractivity contribution in [3.8, 4) is 0 Å². The number of unbranched alkanes of at least 4 members (excludes halogenated alkanes) is 1. The van der Waals surface area contributed by atoms with Crippen LogP contribution in [0.3, 0.4) is 0 Å². The van der Waals surface area contributed by atoms with Gasteiger partial charge in [-0.3, -0.25) is 4.79 Å². The van der Waals surface area contributed by atoms with Crippen LogP contribution in [-0.4, -0.2) is 39.6 Å². The summed E-state index contributed by atoms with van der Waals surface area (Å²) in [6, 6.07) is 1.77. The van der Waals surface area contributed by atoms with Crippen LogP contribution < -0.4 is 0 Å². The monoisotopic (exact) mass is 253 g/mol. The van der Waals surface area contributed by atoms with E-state index in [1.54, 1.807) is 18.5 Å². The Morgan fingerprint density at radius 2 is 2.06 bits per heavy atom. The third-order valence-electron chi connectivity index (χ3n) is 2.38. The Balaban J connectivity index is 2.37. The lowest BCUT2D eigenvalue weighted by molar-refractivity contribution is -0.128. The highest BCUT2D eigenvalue weighted by Gasteiger charge is 2.11. The number of amides is 1. The molecule has 1 aromatic rings. The Bertz CT molecular complexity index is 332. The third kappa shape index (κ3) is 5.17. The fourth-order valence-electron chi connectivity index (χ4n) is 1.39. The Morgan fingerprint density at radius 3 is 2.65 bits per heavy atom. The van der Waals surface area contributed by atoms with Crippen molar-refractivity contribution in [3.05, 3.63) is 18.5 Å². The number of carbonyl (C=O) groups excluding carboxylic acids is 1. The first-order valence-electron chi connectivity index (χ1n) is 5.95. The van der Waals surface area contributed by atoms with E-state index in [1.807, 2.05) is 11.8 Å². The topological polar surface area (TPSA) is 46.1 Å². The summed E-state index contributed by atoms with van der Waals surface area (Å²) < 4.78 is 0. The molecule has 0 N–H and O–H groups in total. The van der Waals surface area contributed by atoms with E-state index < -0.39 is 0 Å². The normalized spacial score (nSPS) is 10.2. The van der Waals surface area contributed by atoms with Gasteiger partial charge >= 0.3 is 0 Å². The van der Waals surface area contributed by atoms with Gasteiger partial charge in [0.05, 0.1) is 5.75 Å². The largest absolute Gasteiger partial charge is 0.342 e. The molecule has 1 amide bonds.